The van der Waals surface area contributed by atoms with Crippen LogP contribution in [-0.2, 0) is 16.0 Å². The summed E-state index contributed by atoms with van der Waals surface area (Å²) in [4.78, 5) is 24.4. The van der Waals surface area contributed by atoms with Gasteiger partial charge in [-0.15, -0.1) is 0 Å². The summed E-state index contributed by atoms with van der Waals surface area (Å²) in [5.74, 6) is -0.980. The fourth-order valence-electron chi connectivity index (χ4n) is 4.39. The third-order valence-corrected chi connectivity index (χ3v) is 7.01. The summed E-state index contributed by atoms with van der Waals surface area (Å²) in [6.07, 6.45) is 3.50. The minimum Gasteiger partial charge on any atom is -0.481 e. The topological polar surface area (TPSA) is 118 Å². The fourth-order valence-corrected chi connectivity index (χ4v) is 4.66. The second-order valence-corrected chi connectivity index (χ2v) is 11.7. The Balaban J connectivity index is 1.59. The van der Waals surface area contributed by atoms with E-state index in [0.717, 1.165) is 37.0 Å². The molecule has 38 heavy (non-hydrogen) atoms. The second kappa shape index (κ2) is 11.3. The Hall–Kier alpha value is -3.20. The molecule has 1 amide bonds. The zero-order valence-electron chi connectivity index (χ0n) is 22.1. The van der Waals surface area contributed by atoms with Gasteiger partial charge >= 0.3 is 5.97 Å². The molecule has 2 N–H and O–H groups in total. The molecule has 204 valence electrons. The van der Waals surface area contributed by atoms with Gasteiger partial charge in [-0.05, 0) is 61.6 Å². The van der Waals surface area contributed by atoms with Crippen LogP contribution in [0.25, 0.3) is 11.5 Å². The van der Waals surface area contributed by atoms with Gasteiger partial charge in [-0.2, -0.15) is 0 Å². The Morgan fingerprint density at radius 1 is 1.21 bits per heavy atom. The van der Waals surface area contributed by atoms with Gasteiger partial charge in [-0.25, -0.2) is 4.39 Å². The molecular weight excluding hydrogens is 513 g/mol. The van der Waals surface area contributed by atoms with Crippen LogP contribution in [0.5, 0.6) is 0 Å². The molecule has 1 fully saturated rings. The van der Waals surface area contributed by atoms with E-state index in [9.17, 15) is 19.1 Å². The first kappa shape index (κ1) is 27.8. The molecule has 0 bridgehead atoms. The number of carboxylic acid groups (broad SMARTS) is 1. The molecule has 1 saturated carbocycles. The number of nitrogens with zero attached hydrogens (tertiary/aromatic N) is 2. The molecule has 1 atom stereocenters. The Morgan fingerprint density at radius 2 is 1.95 bits per heavy atom. The van der Waals surface area contributed by atoms with Gasteiger partial charge in [-0.1, -0.05) is 42.7 Å². The maximum absolute atomic E-state index is 14.1. The minimum atomic E-state index is -0.976. The molecule has 0 saturated heterocycles. The molecule has 1 aliphatic rings. The zero-order chi connectivity index (χ0) is 27.6. The molecule has 0 unspecified atom stereocenters. The Morgan fingerprint density at radius 3 is 2.61 bits per heavy atom. The van der Waals surface area contributed by atoms with E-state index in [-0.39, 0.29) is 41.3 Å². The summed E-state index contributed by atoms with van der Waals surface area (Å²) in [5, 5.41) is 20.7. The summed E-state index contributed by atoms with van der Waals surface area (Å²) in [5.41, 5.74) is 2.62. The third kappa shape index (κ3) is 7.01. The third-order valence-electron chi connectivity index (χ3n) is 6.70. The molecule has 0 spiro atoms. The molecule has 1 aromatic carbocycles. The van der Waals surface area contributed by atoms with Crippen LogP contribution < -0.4 is 5.32 Å². The van der Waals surface area contributed by atoms with Crippen molar-refractivity contribution >= 4 is 29.2 Å². The summed E-state index contributed by atoms with van der Waals surface area (Å²) < 4.78 is 25.4. The van der Waals surface area contributed by atoms with Crippen LogP contribution in [0, 0.1) is 18.2 Å². The quantitative estimate of drug-likeness (QED) is 0.260. The number of hydrogen-bond donors (Lipinski definition) is 2. The van der Waals surface area contributed by atoms with E-state index >= 15 is 0 Å². The van der Waals surface area contributed by atoms with Gasteiger partial charge < -0.3 is 19.5 Å². The maximum atomic E-state index is 14.1. The van der Waals surface area contributed by atoms with Crippen LogP contribution in [0.3, 0.4) is 0 Å². The molecule has 4 rings (SSSR count). The van der Waals surface area contributed by atoms with Crippen molar-refractivity contribution in [2.45, 2.75) is 84.5 Å². The van der Waals surface area contributed by atoms with Gasteiger partial charge in [0.2, 0.25) is 5.91 Å². The summed E-state index contributed by atoms with van der Waals surface area (Å²) in [6.45, 7) is 8.07. The number of hydrogen-bond acceptors (Lipinski definition) is 6. The Bertz CT molecular complexity index is 1320. The molecule has 2 heterocycles. The van der Waals surface area contributed by atoms with E-state index in [1.54, 1.807) is 6.92 Å². The highest BCUT2D eigenvalue weighted by Gasteiger charge is 2.37. The van der Waals surface area contributed by atoms with Crippen LogP contribution in [-0.4, -0.2) is 27.3 Å². The average Bonchev–Trinajstić information content (AvgIpc) is 3.39. The number of halogens is 2. The van der Waals surface area contributed by atoms with Crippen LogP contribution in [0.2, 0.25) is 5.02 Å². The Labute approximate surface area is 225 Å². The highest BCUT2D eigenvalue weighted by atomic mass is 35.5. The van der Waals surface area contributed by atoms with Gasteiger partial charge in [0.1, 0.15) is 11.6 Å². The highest BCUT2D eigenvalue weighted by Crippen LogP contribution is 2.48. The lowest BCUT2D eigenvalue weighted by Crippen LogP contribution is -2.18. The van der Waals surface area contributed by atoms with Crippen LogP contribution in [0.1, 0.15) is 93.7 Å². The first-order chi connectivity index (χ1) is 17.9. The number of carbonyl (C=O) groups is 2. The number of aryl methyl sites for hydroxylation is 2. The SMILES string of the molecule is Cc1cc(Cl)c(NC(=O)C[C@H](CCC(=O)O)c2noc(-c3cc(CCC(C)(C)C)on3)c2C2CC2)cc1F. The number of amides is 1. The lowest BCUT2D eigenvalue weighted by Gasteiger charge is -2.16. The van der Waals surface area contributed by atoms with E-state index in [0.29, 0.717) is 22.7 Å². The average molecular weight is 546 g/mol. The zero-order valence-corrected chi connectivity index (χ0v) is 22.8. The number of nitrogens with one attached hydrogen (secondary N) is 1. The van der Waals surface area contributed by atoms with E-state index in [1.165, 1.54) is 12.1 Å². The number of carbonyl (C=O) groups excluding carboxylic acids is 1. The number of anilines is 1. The van der Waals surface area contributed by atoms with Gasteiger partial charge in [-0.3, -0.25) is 9.59 Å². The van der Waals surface area contributed by atoms with Crippen molar-refractivity contribution < 1.29 is 28.1 Å². The molecule has 2 aromatic heterocycles. The Kier molecular flexibility index (Phi) is 8.25. The number of rotatable bonds is 11. The largest absolute Gasteiger partial charge is 0.481 e. The van der Waals surface area contributed by atoms with Gasteiger partial charge in [0.25, 0.3) is 0 Å². The number of aliphatic carboxylic acids is 1. The summed E-state index contributed by atoms with van der Waals surface area (Å²) >= 11 is 6.20. The minimum absolute atomic E-state index is 0.0690. The van der Waals surface area contributed by atoms with E-state index in [2.05, 4.69) is 36.4 Å². The van der Waals surface area contributed by atoms with Gasteiger partial charge in [0.05, 0.1) is 16.4 Å². The monoisotopic (exact) mass is 545 g/mol. The lowest BCUT2D eigenvalue weighted by atomic mass is 9.89. The molecule has 10 heteroatoms. The highest BCUT2D eigenvalue weighted by molar-refractivity contribution is 6.33. The predicted octanol–water partition coefficient (Wildman–Crippen LogP) is 7.26. The van der Waals surface area contributed by atoms with E-state index in [4.69, 9.17) is 20.6 Å². The molecule has 1 aliphatic carbocycles. The van der Waals surface area contributed by atoms with Crippen molar-refractivity contribution in [1.29, 1.82) is 0 Å². The fraction of sp³-hybridized carbons (Fsp3) is 0.500. The molecule has 3 aromatic rings. The van der Waals surface area contributed by atoms with Crippen molar-refractivity contribution in [2.24, 2.45) is 5.41 Å². The van der Waals surface area contributed by atoms with Crippen LogP contribution in [0.15, 0.2) is 27.2 Å². The molecule has 8 nitrogen and oxygen atoms in total. The summed E-state index contributed by atoms with van der Waals surface area (Å²) in [6, 6.07) is 4.47. The van der Waals surface area contributed by atoms with Gasteiger partial charge in [0.15, 0.2) is 11.5 Å². The van der Waals surface area contributed by atoms with Crippen molar-refractivity contribution in [2.75, 3.05) is 5.32 Å². The molecule has 0 aliphatic heterocycles. The van der Waals surface area contributed by atoms with Crippen LogP contribution in [0.4, 0.5) is 10.1 Å². The first-order valence-corrected chi connectivity index (χ1v) is 13.2. The van der Waals surface area contributed by atoms with Crippen molar-refractivity contribution in [3.05, 3.63) is 51.6 Å². The van der Waals surface area contributed by atoms with Crippen LogP contribution >= 0.6 is 11.6 Å². The summed E-state index contributed by atoms with van der Waals surface area (Å²) in [7, 11) is 0. The standard InChI is InChI=1S/C28H33ClFN3O5/c1-15-11-19(29)21(14-20(15)30)31-23(34)12-17(7-8-24(35)36)26-25(16-5-6-16)27(38-33-26)22-13-18(37-32-22)9-10-28(2,3)4/h11,13-14,16-17H,5-10,12H2,1-4H3,(H,31,34)(H,35,36)/t17-/m0/s1. The van der Waals surface area contributed by atoms with E-state index in [1.807, 2.05) is 6.07 Å². The number of carboxylic acids is 1. The smallest absolute Gasteiger partial charge is 0.303 e. The maximum Gasteiger partial charge on any atom is 0.303 e. The second-order valence-electron chi connectivity index (χ2n) is 11.3. The van der Waals surface area contributed by atoms with E-state index < -0.39 is 23.6 Å². The predicted molar refractivity (Wildman–Crippen MR) is 141 cm³/mol. The van der Waals surface area contributed by atoms with Gasteiger partial charge in [0, 0.05) is 36.8 Å². The van der Waals surface area contributed by atoms with Crippen molar-refractivity contribution in [3.8, 4) is 11.5 Å². The van der Waals surface area contributed by atoms with Crippen molar-refractivity contribution in [1.82, 2.24) is 10.3 Å². The lowest BCUT2D eigenvalue weighted by molar-refractivity contribution is -0.137. The first-order valence-electron chi connectivity index (χ1n) is 12.8. The molecule has 0 radical (unpaired) electrons. The molecular formula is C28H33ClFN3O5. The normalized spacial score (nSPS) is 14.5. The number of benzene rings is 1. The number of aromatic nitrogens is 2. The van der Waals surface area contributed by atoms with Crippen molar-refractivity contribution in [3.63, 3.8) is 0 Å².